The van der Waals surface area contributed by atoms with E-state index in [1.54, 1.807) is 42.5 Å². The summed E-state index contributed by atoms with van der Waals surface area (Å²) < 4.78 is 58.8. The molecule has 29 heavy (non-hydrogen) atoms. The Morgan fingerprint density at radius 2 is 1.66 bits per heavy atom. The Kier molecular flexibility index (Phi) is 4.66. The fourth-order valence-electron chi connectivity index (χ4n) is 3.21. The summed E-state index contributed by atoms with van der Waals surface area (Å²) in [5.74, 6) is 0.0775. The van der Waals surface area contributed by atoms with Gasteiger partial charge in [-0.1, -0.05) is 24.3 Å². The minimum Gasteiger partial charge on any atom is -0.496 e. The first kappa shape index (κ1) is 18.9. The molecule has 146 valence electrons. The molecule has 7 heteroatoms. The average molecular weight is 398 g/mol. The smallest absolute Gasteiger partial charge is 0.433 e. The van der Waals surface area contributed by atoms with E-state index in [1.807, 2.05) is 0 Å². The fraction of sp³-hybridized carbons (Fsp3) is 0.0909. The molecule has 0 amide bonds. The number of nitrogens with zero attached hydrogens (tertiary/aromatic N) is 2. The lowest BCUT2D eigenvalue weighted by atomic mass is 9.96. The highest BCUT2D eigenvalue weighted by Gasteiger charge is 2.32. The Balaban J connectivity index is 1.89. The quantitative estimate of drug-likeness (QED) is 0.390. The summed E-state index contributed by atoms with van der Waals surface area (Å²) in [6.45, 7) is 0. The fourth-order valence-corrected chi connectivity index (χ4v) is 3.21. The summed E-state index contributed by atoms with van der Waals surface area (Å²) >= 11 is 0. The largest absolute Gasteiger partial charge is 0.496 e. The summed E-state index contributed by atoms with van der Waals surface area (Å²) in [6, 6.07) is 15.5. The molecular formula is C22H14F4N2O. The van der Waals surface area contributed by atoms with E-state index in [4.69, 9.17) is 4.74 Å². The van der Waals surface area contributed by atoms with E-state index in [1.165, 1.54) is 25.4 Å². The molecule has 0 saturated carbocycles. The Morgan fingerprint density at radius 1 is 0.862 bits per heavy atom. The van der Waals surface area contributed by atoms with Crippen molar-refractivity contribution in [2.75, 3.05) is 7.11 Å². The highest BCUT2D eigenvalue weighted by molar-refractivity contribution is 5.93. The van der Waals surface area contributed by atoms with Crippen molar-refractivity contribution in [3.63, 3.8) is 0 Å². The molecule has 2 aromatic heterocycles. The van der Waals surface area contributed by atoms with Crippen molar-refractivity contribution in [3.05, 3.63) is 78.4 Å². The maximum atomic E-state index is 14.6. The number of alkyl halides is 3. The Labute approximate surface area is 163 Å². The van der Waals surface area contributed by atoms with Gasteiger partial charge in [0.15, 0.2) is 5.65 Å². The van der Waals surface area contributed by atoms with E-state index in [0.717, 1.165) is 6.07 Å². The van der Waals surface area contributed by atoms with E-state index in [-0.39, 0.29) is 5.65 Å². The molecule has 4 aromatic rings. The predicted octanol–water partition coefficient (Wildman–Crippen LogP) is 6.13. The Hall–Kier alpha value is -3.48. The molecule has 0 spiro atoms. The molecule has 0 aliphatic heterocycles. The second-order valence-corrected chi connectivity index (χ2v) is 6.32. The molecule has 0 fully saturated rings. The van der Waals surface area contributed by atoms with Gasteiger partial charge in [-0.2, -0.15) is 13.2 Å². The first-order chi connectivity index (χ1) is 13.9. The van der Waals surface area contributed by atoms with Gasteiger partial charge in [-0.15, -0.1) is 0 Å². The summed E-state index contributed by atoms with van der Waals surface area (Å²) in [4.78, 5) is 7.59. The molecule has 3 nitrogen and oxygen atoms in total. The van der Waals surface area contributed by atoms with Gasteiger partial charge in [-0.25, -0.2) is 14.4 Å². The van der Waals surface area contributed by atoms with Gasteiger partial charge in [0.05, 0.1) is 7.11 Å². The number of hydrogen-bond acceptors (Lipinski definition) is 3. The van der Waals surface area contributed by atoms with Gasteiger partial charge in [-0.3, -0.25) is 0 Å². The Morgan fingerprint density at radius 3 is 2.41 bits per heavy atom. The van der Waals surface area contributed by atoms with Gasteiger partial charge in [-0.05, 0) is 47.5 Å². The standard InChI is InChI=1S/C22H14F4N2O/c1-29-19-5-3-2-4-15(19)17-12-13(6-8-18(17)23)14-10-11-27-21-16(14)7-9-20(28-21)22(24,25)26/h2-12H,1H3. The van der Waals surface area contributed by atoms with E-state index >= 15 is 0 Å². The summed E-state index contributed by atoms with van der Waals surface area (Å²) in [7, 11) is 1.50. The molecule has 2 heterocycles. The van der Waals surface area contributed by atoms with Crippen LogP contribution >= 0.6 is 0 Å². The van der Waals surface area contributed by atoms with Crippen LogP contribution in [0.15, 0.2) is 66.9 Å². The maximum absolute atomic E-state index is 14.6. The number of fused-ring (bicyclic) bond motifs is 1. The number of aromatic nitrogens is 2. The van der Waals surface area contributed by atoms with Crippen LogP contribution in [0.1, 0.15) is 5.69 Å². The zero-order chi connectivity index (χ0) is 20.6. The summed E-state index contributed by atoms with van der Waals surface area (Å²) in [5, 5.41) is 0.443. The maximum Gasteiger partial charge on any atom is 0.433 e. The number of ether oxygens (including phenoxy) is 1. The number of para-hydroxylation sites is 1. The van der Waals surface area contributed by atoms with Crippen molar-refractivity contribution in [3.8, 4) is 28.0 Å². The van der Waals surface area contributed by atoms with Crippen LogP contribution in [-0.2, 0) is 6.18 Å². The third-order valence-electron chi connectivity index (χ3n) is 4.57. The third-order valence-corrected chi connectivity index (χ3v) is 4.57. The van der Waals surface area contributed by atoms with Crippen molar-refractivity contribution in [2.45, 2.75) is 6.18 Å². The first-order valence-electron chi connectivity index (χ1n) is 8.65. The van der Waals surface area contributed by atoms with Crippen LogP contribution < -0.4 is 4.74 Å². The molecule has 0 bridgehead atoms. The van der Waals surface area contributed by atoms with Crippen LogP contribution in [0.3, 0.4) is 0 Å². The highest BCUT2D eigenvalue weighted by Crippen LogP contribution is 2.36. The molecule has 0 radical (unpaired) electrons. The summed E-state index contributed by atoms with van der Waals surface area (Å²) in [5.41, 5.74) is 1.09. The van der Waals surface area contributed by atoms with E-state index in [0.29, 0.717) is 33.4 Å². The van der Waals surface area contributed by atoms with Crippen LogP contribution in [-0.4, -0.2) is 17.1 Å². The number of rotatable bonds is 3. The van der Waals surface area contributed by atoms with Gasteiger partial charge in [0.1, 0.15) is 17.3 Å². The highest BCUT2D eigenvalue weighted by atomic mass is 19.4. The zero-order valence-corrected chi connectivity index (χ0v) is 15.2. The van der Waals surface area contributed by atoms with Crippen molar-refractivity contribution in [1.29, 1.82) is 0 Å². The monoisotopic (exact) mass is 398 g/mol. The lowest BCUT2D eigenvalue weighted by Gasteiger charge is -2.13. The first-order valence-corrected chi connectivity index (χ1v) is 8.65. The van der Waals surface area contributed by atoms with E-state index in [9.17, 15) is 17.6 Å². The minimum absolute atomic E-state index is 0.0273. The second-order valence-electron chi connectivity index (χ2n) is 6.32. The van der Waals surface area contributed by atoms with Crippen LogP contribution in [0, 0.1) is 5.82 Å². The molecule has 0 aliphatic carbocycles. The van der Waals surface area contributed by atoms with Crippen molar-refractivity contribution in [2.24, 2.45) is 0 Å². The zero-order valence-electron chi connectivity index (χ0n) is 15.2. The molecule has 0 N–H and O–H groups in total. The minimum atomic E-state index is -4.56. The average Bonchev–Trinajstić information content (AvgIpc) is 2.72. The number of pyridine rings is 2. The number of halogens is 4. The van der Waals surface area contributed by atoms with Crippen molar-refractivity contribution >= 4 is 11.0 Å². The number of benzene rings is 2. The predicted molar refractivity (Wildman–Crippen MR) is 102 cm³/mol. The molecule has 0 unspecified atom stereocenters. The second kappa shape index (κ2) is 7.16. The molecule has 0 atom stereocenters. The van der Waals surface area contributed by atoms with Gasteiger partial charge in [0.2, 0.25) is 0 Å². The number of methoxy groups -OCH3 is 1. The van der Waals surface area contributed by atoms with E-state index in [2.05, 4.69) is 9.97 Å². The lowest BCUT2D eigenvalue weighted by molar-refractivity contribution is -0.141. The van der Waals surface area contributed by atoms with Gasteiger partial charge < -0.3 is 4.74 Å². The molecule has 2 aromatic carbocycles. The third kappa shape index (κ3) is 3.51. The van der Waals surface area contributed by atoms with Gasteiger partial charge in [0.25, 0.3) is 0 Å². The normalized spacial score (nSPS) is 11.6. The summed E-state index contributed by atoms with van der Waals surface area (Å²) in [6.07, 6.45) is -3.17. The lowest BCUT2D eigenvalue weighted by Crippen LogP contribution is -2.08. The van der Waals surface area contributed by atoms with Crippen LogP contribution in [0.4, 0.5) is 17.6 Å². The van der Waals surface area contributed by atoms with Crippen LogP contribution in [0.2, 0.25) is 0 Å². The van der Waals surface area contributed by atoms with E-state index < -0.39 is 17.7 Å². The van der Waals surface area contributed by atoms with Crippen LogP contribution in [0.5, 0.6) is 5.75 Å². The molecule has 0 saturated heterocycles. The SMILES string of the molecule is COc1ccccc1-c1cc(-c2ccnc3nc(C(F)(F)F)ccc23)ccc1F. The topological polar surface area (TPSA) is 35.0 Å². The number of hydrogen-bond donors (Lipinski definition) is 0. The Bertz CT molecular complexity index is 1210. The van der Waals surface area contributed by atoms with Crippen LogP contribution in [0.25, 0.3) is 33.3 Å². The molecular weight excluding hydrogens is 384 g/mol. The van der Waals surface area contributed by atoms with Gasteiger partial charge in [0, 0.05) is 22.7 Å². The molecule has 0 aliphatic rings. The van der Waals surface area contributed by atoms with Crippen molar-refractivity contribution in [1.82, 2.24) is 9.97 Å². The van der Waals surface area contributed by atoms with Crippen molar-refractivity contribution < 1.29 is 22.3 Å². The molecule has 4 rings (SSSR count). The van der Waals surface area contributed by atoms with Gasteiger partial charge >= 0.3 is 6.18 Å².